The summed E-state index contributed by atoms with van der Waals surface area (Å²) in [6, 6.07) is 10.1. The zero-order chi connectivity index (χ0) is 13.0. The van der Waals surface area contributed by atoms with Crippen molar-refractivity contribution < 1.29 is 4.74 Å². The van der Waals surface area contributed by atoms with Crippen molar-refractivity contribution in [3.05, 3.63) is 52.1 Å². The number of pyridine rings is 1. The highest BCUT2D eigenvalue weighted by molar-refractivity contribution is 9.10. The fourth-order valence-electron chi connectivity index (χ4n) is 1.60. The lowest BCUT2D eigenvalue weighted by atomic mass is 10.2. The first-order valence-electron chi connectivity index (χ1n) is 5.68. The van der Waals surface area contributed by atoms with Crippen molar-refractivity contribution in [2.24, 2.45) is 0 Å². The fraction of sp³-hybridized carbons (Fsp3) is 0.214. The first-order chi connectivity index (χ1) is 8.69. The normalized spacial score (nSPS) is 10.2. The van der Waals surface area contributed by atoms with Crippen molar-refractivity contribution in [2.75, 3.05) is 12.4 Å². The molecule has 94 valence electrons. The number of benzene rings is 1. The van der Waals surface area contributed by atoms with E-state index in [2.05, 4.69) is 39.2 Å². The quantitative estimate of drug-likeness (QED) is 0.933. The van der Waals surface area contributed by atoms with E-state index in [4.69, 9.17) is 4.74 Å². The Balaban J connectivity index is 1.99. The van der Waals surface area contributed by atoms with Crippen LogP contribution in [0.25, 0.3) is 0 Å². The van der Waals surface area contributed by atoms with E-state index in [-0.39, 0.29) is 0 Å². The van der Waals surface area contributed by atoms with Crippen LogP contribution < -0.4 is 10.1 Å². The second-order valence-electron chi connectivity index (χ2n) is 4.03. The molecule has 0 aliphatic carbocycles. The summed E-state index contributed by atoms with van der Waals surface area (Å²) in [6.07, 6.45) is 1.82. The topological polar surface area (TPSA) is 34.1 Å². The molecule has 0 unspecified atom stereocenters. The Kier molecular flexibility index (Phi) is 4.20. The number of halogens is 1. The van der Waals surface area contributed by atoms with Gasteiger partial charge in [0, 0.05) is 29.0 Å². The van der Waals surface area contributed by atoms with E-state index in [1.807, 2.05) is 30.5 Å². The van der Waals surface area contributed by atoms with Crippen LogP contribution in [0.2, 0.25) is 0 Å². The highest BCUT2D eigenvalue weighted by Crippen LogP contribution is 2.20. The van der Waals surface area contributed by atoms with Crippen LogP contribution in [0, 0.1) is 6.92 Å². The average Bonchev–Trinajstić information content (AvgIpc) is 2.41. The van der Waals surface area contributed by atoms with Crippen molar-refractivity contribution in [1.82, 2.24) is 4.98 Å². The number of hydrogen-bond donors (Lipinski definition) is 1. The third-order valence-electron chi connectivity index (χ3n) is 2.66. The van der Waals surface area contributed by atoms with Gasteiger partial charge < -0.3 is 10.1 Å². The van der Waals surface area contributed by atoms with Crippen LogP contribution in [-0.4, -0.2) is 12.1 Å². The zero-order valence-corrected chi connectivity index (χ0v) is 12.0. The summed E-state index contributed by atoms with van der Waals surface area (Å²) in [5, 5.41) is 3.36. The number of aryl methyl sites for hydroxylation is 1. The molecule has 0 aliphatic rings. The number of anilines is 1. The van der Waals surface area contributed by atoms with Gasteiger partial charge in [0.1, 0.15) is 0 Å². The van der Waals surface area contributed by atoms with Gasteiger partial charge in [0.05, 0.1) is 7.11 Å². The van der Waals surface area contributed by atoms with Crippen LogP contribution in [0.3, 0.4) is 0 Å². The van der Waals surface area contributed by atoms with Crippen LogP contribution in [0.1, 0.15) is 11.1 Å². The van der Waals surface area contributed by atoms with Gasteiger partial charge in [-0.2, -0.15) is 0 Å². The highest BCUT2D eigenvalue weighted by Gasteiger charge is 1.99. The first-order valence-corrected chi connectivity index (χ1v) is 6.47. The molecule has 1 aromatic heterocycles. The monoisotopic (exact) mass is 306 g/mol. The molecular weight excluding hydrogens is 292 g/mol. The van der Waals surface area contributed by atoms with Crippen molar-refractivity contribution in [3.63, 3.8) is 0 Å². The van der Waals surface area contributed by atoms with E-state index in [0.717, 1.165) is 22.3 Å². The van der Waals surface area contributed by atoms with Crippen molar-refractivity contribution in [1.29, 1.82) is 0 Å². The minimum Gasteiger partial charge on any atom is -0.481 e. The number of rotatable bonds is 4. The number of methoxy groups -OCH3 is 1. The lowest BCUT2D eigenvalue weighted by molar-refractivity contribution is 0.397. The molecule has 0 saturated carbocycles. The molecule has 0 amide bonds. The van der Waals surface area contributed by atoms with Gasteiger partial charge in [-0.05, 0) is 36.2 Å². The molecule has 1 aromatic carbocycles. The number of aromatic nitrogens is 1. The molecule has 0 bridgehead atoms. The first kappa shape index (κ1) is 12.9. The third kappa shape index (κ3) is 3.23. The summed E-state index contributed by atoms with van der Waals surface area (Å²) in [5.74, 6) is 0.637. The van der Waals surface area contributed by atoms with Crippen molar-refractivity contribution in [3.8, 4) is 5.88 Å². The second-order valence-corrected chi connectivity index (χ2v) is 4.88. The van der Waals surface area contributed by atoms with E-state index in [1.54, 1.807) is 7.11 Å². The van der Waals surface area contributed by atoms with E-state index in [0.29, 0.717) is 5.88 Å². The fourth-order valence-corrected chi connectivity index (χ4v) is 1.84. The Morgan fingerprint density at radius 3 is 2.72 bits per heavy atom. The van der Waals surface area contributed by atoms with Gasteiger partial charge in [0.15, 0.2) is 0 Å². The average molecular weight is 307 g/mol. The second kappa shape index (κ2) is 5.87. The molecule has 0 aliphatic heterocycles. The zero-order valence-electron chi connectivity index (χ0n) is 10.4. The van der Waals surface area contributed by atoms with Crippen molar-refractivity contribution in [2.45, 2.75) is 13.5 Å². The SMILES string of the molecule is COc1ccc(CNc2ccc(Br)c(C)c2)cn1. The molecule has 0 atom stereocenters. The number of ether oxygens (including phenoxy) is 1. The Morgan fingerprint density at radius 2 is 2.11 bits per heavy atom. The number of nitrogens with one attached hydrogen (secondary N) is 1. The summed E-state index contributed by atoms with van der Waals surface area (Å²) >= 11 is 3.49. The van der Waals surface area contributed by atoms with Gasteiger partial charge in [0.2, 0.25) is 5.88 Å². The predicted molar refractivity (Wildman–Crippen MR) is 77.0 cm³/mol. The minimum atomic E-state index is 0.637. The summed E-state index contributed by atoms with van der Waals surface area (Å²) in [5.41, 5.74) is 3.44. The van der Waals surface area contributed by atoms with Crippen LogP contribution >= 0.6 is 15.9 Å². The maximum atomic E-state index is 5.02. The van der Waals surface area contributed by atoms with E-state index >= 15 is 0 Å². The van der Waals surface area contributed by atoms with Gasteiger partial charge in [-0.15, -0.1) is 0 Å². The molecule has 4 heteroatoms. The highest BCUT2D eigenvalue weighted by atomic mass is 79.9. The van der Waals surface area contributed by atoms with Crippen molar-refractivity contribution >= 4 is 21.6 Å². The molecule has 2 aromatic rings. The summed E-state index contributed by atoms with van der Waals surface area (Å²) in [7, 11) is 1.62. The van der Waals surface area contributed by atoms with Gasteiger partial charge in [-0.25, -0.2) is 4.98 Å². The largest absolute Gasteiger partial charge is 0.481 e. The van der Waals surface area contributed by atoms with Crippen LogP contribution in [0.5, 0.6) is 5.88 Å². The molecule has 0 saturated heterocycles. The third-order valence-corrected chi connectivity index (χ3v) is 3.55. The molecule has 3 nitrogen and oxygen atoms in total. The Morgan fingerprint density at radius 1 is 1.28 bits per heavy atom. The Bertz CT molecular complexity index is 526. The lowest BCUT2D eigenvalue weighted by Gasteiger charge is -2.08. The molecule has 18 heavy (non-hydrogen) atoms. The maximum Gasteiger partial charge on any atom is 0.212 e. The maximum absolute atomic E-state index is 5.02. The Labute approximate surface area is 115 Å². The summed E-state index contributed by atoms with van der Waals surface area (Å²) in [4.78, 5) is 4.17. The van der Waals surface area contributed by atoms with Gasteiger partial charge in [-0.3, -0.25) is 0 Å². The minimum absolute atomic E-state index is 0.637. The van der Waals surface area contributed by atoms with Crippen LogP contribution in [-0.2, 0) is 6.54 Å². The van der Waals surface area contributed by atoms with E-state index in [1.165, 1.54) is 5.56 Å². The van der Waals surface area contributed by atoms with Crippen LogP contribution in [0.4, 0.5) is 5.69 Å². The smallest absolute Gasteiger partial charge is 0.212 e. The Hall–Kier alpha value is -1.55. The lowest BCUT2D eigenvalue weighted by Crippen LogP contribution is -2.00. The predicted octanol–water partition coefficient (Wildman–Crippen LogP) is 3.77. The number of hydrogen-bond acceptors (Lipinski definition) is 3. The van der Waals surface area contributed by atoms with E-state index < -0.39 is 0 Å². The molecule has 0 spiro atoms. The molecule has 1 heterocycles. The number of nitrogens with zero attached hydrogens (tertiary/aromatic N) is 1. The molecular formula is C14H15BrN2O. The van der Waals surface area contributed by atoms with E-state index in [9.17, 15) is 0 Å². The molecule has 0 radical (unpaired) electrons. The van der Waals surface area contributed by atoms with Gasteiger partial charge in [-0.1, -0.05) is 22.0 Å². The summed E-state index contributed by atoms with van der Waals surface area (Å²) in [6.45, 7) is 2.82. The van der Waals surface area contributed by atoms with Gasteiger partial charge in [0.25, 0.3) is 0 Å². The van der Waals surface area contributed by atoms with Crippen LogP contribution in [0.15, 0.2) is 41.0 Å². The molecule has 1 N–H and O–H groups in total. The van der Waals surface area contributed by atoms with Gasteiger partial charge >= 0.3 is 0 Å². The standard InChI is InChI=1S/C14H15BrN2O/c1-10-7-12(4-5-13(10)15)16-8-11-3-6-14(18-2)17-9-11/h3-7,9,16H,8H2,1-2H3. The summed E-state index contributed by atoms with van der Waals surface area (Å²) < 4.78 is 6.15. The molecule has 0 fully saturated rings. The molecule has 2 rings (SSSR count).